The van der Waals surface area contributed by atoms with Crippen LogP contribution in [-0.4, -0.2) is 43.2 Å². The molecular formula is C27H29N3O4S. The summed E-state index contributed by atoms with van der Waals surface area (Å²) in [6.07, 6.45) is 0. The van der Waals surface area contributed by atoms with Crippen LogP contribution in [0.3, 0.4) is 0 Å². The fraction of sp³-hybridized carbons (Fsp3) is 0.296. The third-order valence-corrected chi connectivity index (χ3v) is 7.30. The van der Waals surface area contributed by atoms with Gasteiger partial charge in [-0.1, -0.05) is 54.1 Å². The molecule has 2 heterocycles. The first-order valence-corrected chi connectivity index (χ1v) is 12.2. The van der Waals surface area contributed by atoms with Gasteiger partial charge < -0.3 is 20.1 Å². The molecule has 4 rings (SSSR count). The molecule has 8 heteroatoms. The van der Waals surface area contributed by atoms with Gasteiger partial charge in [0.25, 0.3) is 0 Å². The summed E-state index contributed by atoms with van der Waals surface area (Å²) in [5.41, 5.74) is 3.35. The molecule has 0 amide bonds. The average molecular weight is 492 g/mol. The van der Waals surface area contributed by atoms with Crippen LogP contribution in [0.15, 0.2) is 71.2 Å². The van der Waals surface area contributed by atoms with E-state index in [0.717, 1.165) is 16.8 Å². The first kappa shape index (κ1) is 24.5. The van der Waals surface area contributed by atoms with Crippen molar-refractivity contribution in [3.8, 4) is 11.3 Å². The number of aromatic nitrogens is 1. The summed E-state index contributed by atoms with van der Waals surface area (Å²) >= 11 is 1.41. The molecule has 1 aromatic heterocycles. The third-order valence-electron chi connectivity index (χ3n) is 6.53. The summed E-state index contributed by atoms with van der Waals surface area (Å²) in [5, 5.41) is 9.29. The maximum Gasteiger partial charge on any atom is 0.337 e. The molecule has 3 unspecified atom stereocenters. The summed E-state index contributed by atoms with van der Waals surface area (Å²) < 4.78 is 10.5. The molecule has 0 radical (unpaired) electrons. The summed E-state index contributed by atoms with van der Waals surface area (Å²) in [5.74, 6) is -0.996. The highest BCUT2D eigenvalue weighted by Gasteiger charge is 2.58. The lowest BCUT2D eigenvalue weighted by molar-refractivity contribution is -0.149. The molecule has 182 valence electrons. The van der Waals surface area contributed by atoms with Crippen molar-refractivity contribution in [3.05, 3.63) is 82.4 Å². The van der Waals surface area contributed by atoms with Gasteiger partial charge >= 0.3 is 11.9 Å². The number of nitrogens with zero attached hydrogens (tertiary/aromatic N) is 1. The van der Waals surface area contributed by atoms with Gasteiger partial charge in [-0.15, -0.1) is 11.3 Å². The predicted octanol–water partition coefficient (Wildman–Crippen LogP) is 4.45. The molecule has 0 bridgehead atoms. The minimum Gasteiger partial charge on any atom is -0.468 e. The predicted molar refractivity (Wildman–Crippen MR) is 137 cm³/mol. The molecule has 3 aromatic rings. The summed E-state index contributed by atoms with van der Waals surface area (Å²) in [4.78, 5) is 31.5. The van der Waals surface area contributed by atoms with Crippen molar-refractivity contribution < 1.29 is 19.1 Å². The number of anilines is 1. The van der Waals surface area contributed by atoms with Crippen molar-refractivity contribution >= 4 is 28.4 Å². The van der Waals surface area contributed by atoms with E-state index in [1.165, 1.54) is 25.6 Å². The molecule has 0 saturated heterocycles. The van der Waals surface area contributed by atoms with E-state index in [1.807, 2.05) is 74.7 Å². The van der Waals surface area contributed by atoms with Crippen LogP contribution < -0.4 is 10.6 Å². The lowest BCUT2D eigenvalue weighted by Gasteiger charge is -2.47. The SMILES string of the molecule is COC(=O)C1=C(C)NC(C)C(C(=O)OC)(c2ccccc2)C1Nc1nc(-c2cccc(C)c2)cs1. The fourth-order valence-corrected chi connectivity index (χ4v) is 5.64. The minimum absolute atomic E-state index is 0.326. The topological polar surface area (TPSA) is 89.5 Å². The van der Waals surface area contributed by atoms with E-state index in [2.05, 4.69) is 16.7 Å². The zero-order valence-corrected chi connectivity index (χ0v) is 21.2. The number of thiazole rings is 1. The smallest absolute Gasteiger partial charge is 0.337 e. The number of hydrogen-bond acceptors (Lipinski definition) is 8. The Hall–Kier alpha value is -3.65. The Morgan fingerprint density at radius 3 is 2.46 bits per heavy atom. The summed E-state index contributed by atoms with van der Waals surface area (Å²) in [7, 11) is 2.69. The molecule has 2 N–H and O–H groups in total. The number of methoxy groups -OCH3 is 2. The Bertz CT molecular complexity index is 1270. The Morgan fingerprint density at radius 1 is 1.06 bits per heavy atom. The van der Waals surface area contributed by atoms with Gasteiger partial charge in [0.1, 0.15) is 5.41 Å². The van der Waals surface area contributed by atoms with Crippen molar-refractivity contribution in [1.29, 1.82) is 0 Å². The van der Waals surface area contributed by atoms with E-state index < -0.39 is 29.4 Å². The van der Waals surface area contributed by atoms with Gasteiger partial charge in [-0.2, -0.15) is 0 Å². The van der Waals surface area contributed by atoms with Gasteiger partial charge in [-0.05, 0) is 32.4 Å². The van der Waals surface area contributed by atoms with E-state index >= 15 is 0 Å². The Balaban J connectivity index is 1.88. The molecule has 1 aliphatic rings. The van der Waals surface area contributed by atoms with Gasteiger partial charge in [0, 0.05) is 22.7 Å². The van der Waals surface area contributed by atoms with Crippen molar-refractivity contribution in [2.45, 2.75) is 38.3 Å². The van der Waals surface area contributed by atoms with Gasteiger partial charge in [-0.25, -0.2) is 9.78 Å². The highest BCUT2D eigenvalue weighted by atomic mass is 32.1. The number of hydrogen-bond donors (Lipinski definition) is 2. The lowest BCUT2D eigenvalue weighted by Crippen LogP contribution is -2.65. The van der Waals surface area contributed by atoms with E-state index in [4.69, 9.17) is 14.5 Å². The van der Waals surface area contributed by atoms with Crippen LogP contribution in [-0.2, 0) is 24.5 Å². The Kier molecular flexibility index (Phi) is 6.93. The van der Waals surface area contributed by atoms with Crippen LogP contribution in [0.4, 0.5) is 5.13 Å². The van der Waals surface area contributed by atoms with Crippen molar-refractivity contribution in [2.24, 2.45) is 0 Å². The van der Waals surface area contributed by atoms with E-state index in [9.17, 15) is 9.59 Å². The number of esters is 2. The van der Waals surface area contributed by atoms with Crippen LogP contribution in [0.2, 0.25) is 0 Å². The normalized spacial score (nSPS) is 21.7. The second-order valence-electron chi connectivity index (χ2n) is 8.61. The molecule has 2 aromatic carbocycles. The van der Waals surface area contributed by atoms with Gasteiger partial charge in [0.2, 0.25) is 0 Å². The first-order chi connectivity index (χ1) is 16.8. The zero-order valence-electron chi connectivity index (χ0n) is 20.4. The van der Waals surface area contributed by atoms with Crippen LogP contribution in [0.5, 0.6) is 0 Å². The minimum atomic E-state index is -1.27. The number of benzene rings is 2. The molecule has 0 saturated carbocycles. The Labute approximate surface area is 209 Å². The standard InChI is InChI=1S/C27H29N3O4S/c1-16-10-9-11-19(14-16)21-15-35-26(29-21)30-23-22(24(31)33-4)17(2)28-18(3)27(23,25(32)34-5)20-12-7-6-8-13-20/h6-15,18,23,28H,1-5H3,(H,29,30). The molecular weight excluding hydrogens is 462 g/mol. The molecule has 0 spiro atoms. The molecule has 0 aliphatic carbocycles. The number of rotatable bonds is 6. The second-order valence-corrected chi connectivity index (χ2v) is 9.47. The monoisotopic (exact) mass is 491 g/mol. The lowest BCUT2D eigenvalue weighted by atomic mass is 9.64. The Morgan fingerprint density at radius 2 is 1.80 bits per heavy atom. The number of aryl methyl sites for hydroxylation is 1. The number of nitrogens with one attached hydrogen (secondary N) is 2. The van der Waals surface area contributed by atoms with Crippen molar-refractivity contribution in [1.82, 2.24) is 10.3 Å². The van der Waals surface area contributed by atoms with Crippen LogP contribution in [0.25, 0.3) is 11.3 Å². The number of carbonyl (C=O) groups is 2. The maximum absolute atomic E-state index is 13.6. The summed E-state index contributed by atoms with van der Waals surface area (Å²) in [6.45, 7) is 5.76. The van der Waals surface area contributed by atoms with Crippen molar-refractivity contribution in [3.63, 3.8) is 0 Å². The maximum atomic E-state index is 13.6. The summed E-state index contributed by atoms with van der Waals surface area (Å²) in [6, 6.07) is 16.3. The largest absolute Gasteiger partial charge is 0.468 e. The average Bonchev–Trinajstić information content (AvgIpc) is 3.33. The highest BCUT2D eigenvalue weighted by molar-refractivity contribution is 7.14. The van der Waals surface area contributed by atoms with E-state index in [1.54, 1.807) is 0 Å². The number of carbonyl (C=O) groups excluding carboxylic acids is 2. The highest BCUT2D eigenvalue weighted by Crippen LogP contribution is 2.43. The molecule has 35 heavy (non-hydrogen) atoms. The number of allylic oxidation sites excluding steroid dienone is 1. The van der Waals surface area contributed by atoms with Gasteiger partial charge in [0.15, 0.2) is 5.13 Å². The molecule has 3 atom stereocenters. The van der Waals surface area contributed by atoms with Gasteiger partial charge in [0.05, 0.1) is 31.5 Å². The van der Waals surface area contributed by atoms with Crippen LogP contribution in [0, 0.1) is 6.92 Å². The number of ether oxygens (including phenoxy) is 2. The molecule has 7 nitrogen and oxygen atoms in total. The second kappa shape index (κ2) is 9.92. The molecule has 0 fully saturated rings. The zero-order chi connectivity index (χ0) is 25.2. The fourth-order valence-electron chi connectivity index (χ4n) is 4.89. The van der Waals surface area contributed by atoms with Crippen LogP contribution >= 0.6 is 11.3 Å². The third kappa shape index (κ3) is 4.30. The van der Waals surface area contributed by atoms with Gasteiger partial charge in [-0.3, -0.25) is 4.79 Å². The first-order valence-electron chi connectivity index (χ1n) is 11.3. The van der Waals surface area contributed by atoms with Crippen molar-refractivity contribution in [2.75, 3.05) is 19.5 Å². The van der Waals surface area contributed by atoms with E-state index in [0.29, 0.717) is 22.0 Å². The van der Waals surface area contributed by atoms with Crippen LogP contribution in [0.1, 0.15) is 25.0 Å². The molecule has 1 aliphatic heterocycles. The quantitative estimate of drug-likeness (QED) is 0.493. The van der Waals surface area contributed by atoms with E-state index in [-0.39, 0.29) is 0 Å².